The molecule has 1 amide bonds. The fourth-order valence-corrected chi connectivity index (χ4v) is 2.66. The lowest BCUT2D eigenvalue weighted by molar-refractivity contribution is -0.132. The van der Waals surface area contributed by atoms with Crippen molar-refractivity contribution in [1.82, 2.24) is 4.90 Å². The average molecular weight is 225 g/mol. The van der Waals surface area contributed by atoms with Crippen molar-refractivity contribution in [1.29, 1.82) is 0 Å². The van der Waals surface area contributed by atoms with Crippen molar-refractivity contribution in [2.24, 2.45) is 5.92 Å². The van der Waals surface area contributed by atoms with Gasteiger partial charge in [0.05, 0.1) is 0 Å². The molecule has 2 heterocycles. The zero-order chi connectivity index (χ0) is 11.2. The van der Waals surface area contributed by atoms with Crippen molar-refractivity contribution in [2.45, 2.75) is 44.9 Å². The number of nitrogens with zero attached hydrogens (tertiary/aromatic N) is 1. The van der Waals surface area contributed by atoms with E-state index in [0.29, 0.717) is 5.91 Å². The third-order valence-corrected chi connectivity index (χ3v) is 3.82. The Labute approximate surface area is 98.1 Å². The Kier molecular flexibility index (Phi) is 4.64. The first kappa shape index (κ1) is 11.9. The fourth-order valence-electron chi connectivity index (χ4n) is 2.66. The molecule has 2 rings (SSSR count). The van der Waals surface area contributed by atoms with Gasteiger partial charge in [0.15, 0.2) is 0 Å². The molecule has 0 saturated carbocycles. The quantitative estimate of drug-likeness (QED) is 0.737. The van der Waals surface area contributed by atoms with Crippen LogP contribution in [0.4, 0.5) is 0 Å². The molecule has 0 aliphatic carbocycles. The van der Waals surface area contributed by atoms with Crippen LogP contribution in [-0.4, -0.2) is 37.1 Å². The Bertz CT molecular complexity index is 218. The molecular weight excluding hydrogens is 202 g/mol. The summed E-state index contributed by atoms with van der Waals surface area (Å²) < 4.78 is 5.33. The monoisotopic (exact) mass is 225 g/mol. The Morgan fingerprint density at radius 3 is 2.50 bits per heavy atom. The lowest BCUT2D eigenvalue weighted by atomic mass is 9.94. The normalized spacial score (nSPS) is 23.4. The maximum Gasteiger partial charge on any atom is 0.222 e. The molecule has 0 radical (unpaired) electrons. The second kappa shape index (κ2) is 6.24. The lowest BCUT2D eigenvalue weighted by Gasteiger charge is -2.28. The number of hydrogen-bond acceptors (Lipinski definition) is 2. The molecule has 2 aliphatic rings. The van der Waals surface area contributed by atoms with Crippen LogP contribution in [0.3, 0.4) is 0 Å². The van der Waals surface area contributed by atoms with E-state index in [-0.39, 0.29) is 0 Å². The van der Waals surface area contributed by atoms with E-state index in [1.165, 1.54) is 19.3 Å². The van der Waals surface area contributed by atoms with E-state index in [4.69, 9.17) is 4.74 Å². The SMILES string of the molecule is O=C(CCC1CCOCC1)N1CCCCC1. The summed E-state index contributed by atoms with van der Waals surface area (Å²) in [6, 6.07) is 0. The number of rotatable bonds is 3. The van der Waals surface area contributed by atoms with Gasteiger partial charge in [0.2, 0.25) is 5.91 Å². The summed E-state index contributed by atoms with van der Waals surface area (Å²) in [5.41, 5.74) is 0. The molecular formula is C13H23NO2. The van der Waals surface area contributed by atoms with Gasteiger partial charge in [-0.3, -0.25) is 4.79 Å². The van der Waals surface area contributed by atoms with Crippen LogP contribution < -0.4 is 0 Å². The van der Waals surface area contributed by atoms with E-state index >= 15 is 0 Å². The molecule has 2 fully saturated rings. The Morgan fingerprint density at radius 1 is 1.12 bits per heavy atom. The van der Waals surface area contributed by atoms with Gasteiger partial charge in [-0.05, 0) is 44.4 Å². The number of ether oxygens (including phenoxy) is 1. The van der Waals surface area contributed by atoms with Crippen LogP contribution >= 0.6 is 0 Å². The summed E-state index contributed by atoms with van der Waals surface area (Å²) in [7, 11) is 0. The number of carbonyl (C=O) groups is 1. The van der Waals surface area contributed by atoms with Crippen LogP contribution in [0.1, 0.15) is 44.9 Å². The summed E-state index contributed by atoms with van der Waals surface area (Å²) in [5.74, 6) is 1.11. The maximum atomic E-state index is 11.9. The number of amides is 1. The van der Waals surface area contributed by atoms with Crippen LogP contribution in [0.25, 0.3) is 0 Å². The molecule has 2 saturated heterocycles. The van der Waals surface area contributed by atoms with Crippen molar-refractivity contribution in [3.8, 4) is 0 Å². The predicted octanol–water partition coefficient (Wildman–Crippen LogP) is 2.21. The van der Waals surface area contributed by atoms with Crippen molar-refractivity contribution < 1.29 is 9.53 Å². The minimum absolute atomic E-state index is 0.381. The van der Waals surface area contributed by atoms with E-state index < -0.39 is 0 Å². The highest BCUT2D eigenvalue weighted by atomic mass is 16.5. The second-order valence-electron chi connectivity index (χ2n) is 5.04. The van der Waals surface area contributed by atoms with Crippen molar-refractivity contribution in [3.05, 3.63) is 0 Å². The van der Waals surface area contributed by atoms with Gasteiger partial charge in [-0.15, -0.1) is 0 Å². The standard InChI is InChI=1S/C13H23NO2/c15-13(14-8-2-1-3-9-14)5-4-12-6-10-16-11-7-12/h12H,1-11H2. The van der Waals surface area contributed by atoms with E-state index in [1.54, 1.807) is 0 Å². The van der Waals surface area contributed by atoms with Gasteiger partial charge in [0.25, 0.3) is 0 Å². The highest BCUT2D eigenvalue weighted by Gasteiger charge is 2.19. The smallest absolute Gasteiger partial charge is 0.222 e. The van der Waals surface area contributed by atoms with Crippen LogP contribution in [0, 0.1) is 5.92 Å². The summed E-state index contributed by atoms with van der Waals surface area (Å²) in [4.78, 5) is 14.0. The minimum Gasteiger partial charge on any atom is -0.381 e. The van der Waals surface area contributed by atoms with Gasteiger partial charge in [-0.25, -0.2) is 0 Å². The number of carbonyl (C=O) groups excluding carboxylic acids is 1. The average Bonchev–Trinajstić information content (AvgIpc) is 2.38. The summed E-state index contributed by atoms with van der Waals surface area (Å²) in [6.07, 6.45) is 7.81. The van der Waals surface area contributed by atoms with Gasteiger partial charge < -0.3 is 9.64 Å². The molecule has 0 aromatic carbocycles. The summed E-state index contributed by atoms with van der Waals surface area (Å²) in [6.45, 7) is 3.77. The Morgan fingerprint density at radius 2 is 1.81 bits per heavy atom. The van der Waals surface area contributed by atoms with Crippen LogP contribution in [0.5, 0.6) is 0 Å². The molecule has 16 heavy (non-hydrogen) atoms. The number of hydrogen-bond donors (Lipinski definition) is 0. The van der Waals surface area contributed by atoms with Crippen LogP contribution in [0.15, 0.2) is 0 Å². The highest BCUT2D eigenvalue weighted by molar-refractivity contribution is 5.76. The van der Waals surface area contributed by atoms with Crippen LogP contribution in [0.2, 0.25) is 0 Å². The zero-order valence-electron chi connectivity index (χ0n) is 10.1. The molecule has 92 valence electrons. The molecule has 0 aromatic heterocycles. The highest BCUT2D eigenvalue weighted by Crippen LogP contribution is 2.21. The topological polar surface area (TPSA) is 29.5 Å². The third kappa shape index (κ3) is 3.48. The first-order valence-corrected chi connectivity index (χ1v) is 6.72. The van der Waals surface area contributed by atoms with E-state index in [1.807, 2.05) is 0 Å². The molecule has 2 aliphatic heterocycles. The first-order valence-electron chi connectivity index (χ1n) is 6.72. The molecule has 0 bridgehead atoms. The van der Waals surface area contributed by atoms with Crippen LogP contribution in [-0.2, 0) is 9.53 Å². The van der Waals surface area contributed by atoms with E-state index in [0.717, 1.165) is 57.9 Å². The van der Waals surface area contributed by atoms with Crippen molar-refractivity contribution >= 4 is 5.91 Å². The number of likely N-dealkylation sites (tertiary alicyclic amines) is 1. The molecule has 3 nitrogen and oxygen atoms in total. The van der Waals surface area contributed by atoms with E-state index in [2.05, 4.69) is 4.90 Å². The maximum absolute atomic E-state index is 11.9. The summed E-state index contributed by atoms with van der Waals surface area (Å²) >= 11 is 0. The molecule has 0 atom stereocenters. The van der Waals surface area contributed by atoms with Gasteiger partial charge in [-0.1, -0.05) is 0 Å². The molecule has 0 unspecified atom stereocenters. The predicted molar refractivity (Wildman–Crippen MR) is 63.2 cm³/mol. The number of piperidine rings is 1. The molecule has 0 spiro atoms. The Balaban J connectivity index is 1.65. The fraction of sp³-hybridized carbons (Fsp3) is 0.923. The third-order valence-electron chi connectivity index (χ3n) is 3.82. The largest absolute Gasteiger partial charge is 0.381 e. The molecule has 0 N–H and O–H groups in total. The van der Waals surface area contributed by atoms with Gasteiger partial charge >= 0.3 is 0 Å². The zero-order valence-corrected chi connectivity index (χ0v) is 10.1. The van der Waals surface area contributed by atoms with Gasteiger partial charge in [-0.2, -0.15) is 0 Å². The lowest BCUT2D eigenvalue weighted by Crippen LogP contribution is -2.35. The summed E-state index contributed by atoms with van der Waals surface area (Å²) in [5, 5.41) is 0. The molecule has 3 heteroatoms. The first-order chi connectivity index (χ1) is 7.86. The molecule has 0 aromatic rings. The van der Waals surface area contributed by atoms with E-state index in [9.17, 15) is 4.79 Å². The van der Waals surface area contributed by atoms with Gasteiger partial charge in [0, 0.05) is 32.7 Å². The minimum atomic E-state index is 0.381. The second-order valence-corrected chi connectivity index (χ2v) is 5.04. The Hall–Kier alpha value is -0.570. The van der Waals surface area contributed by atoms with Crippen molar-refractivity contribution in [3.63, 3.8) is 0 Å². The van der Waals surface area contributed by atoms with Gasteiger partial charge in [0.1, 0.15) is 0 Å². The van der Waals surface area contributed by atoms with Crippen molar-refractivity contribution in [2.75, 3.05) is 26.3 Å².